The largest absolute Gasteiger partial charge is 0.478 e. The topological polar surface area (TPSA) is 79.5 Å². The maximum atomic E-state index is 13.3. The van der Waals surface area contributed by atoms with E-state index in [9.17, 15) is 18.4 Å². The van der Waals surface area contributed by atoms with Gasteiger partial charge < -0.3 is 14.8 Å². The number of carboxylic acid groups (broad SMARTS) is 1. The highest BCUT2D eigenvalue weighted by Gasteiger charge is 2.15. The smallest absolute Gasteiger partial charge is 0.338 e. The molecule has 2 N–H and O–H groups in total. The lowest BCUT2D eigenvalue weighted by Crippen LogP contribution is -2.23. The number of hydrogen-bond acceptors (Lipinski definition) is 3. The van der Waals surface area contributed by atoms with E-state index >= 15 is 0 Å². The SMILES string of the molecule is O=C(O)c1coc(C(=O)NCc2cc(F)ccc2F)c1. The van der Waals surface area contributed by atoms with Crippen LogP contribution in [0.3, 0.4) is 0 Å². The van der Waals surface area contributed by atoms with Crippen molar-refractivity contribution in [3.8, 4) is 0 Å². The van der Waals surface area contributed by atoms with Crippen LogP contribution in [0.15, 0.2) is 34.9 Å². The molecule has 0 aliphatic rings. The lowest BCUT2D eigenvalue weighted by atomic mass is 10.2. The van der Waals surface area contributed by atoms with E-state index in [2.05, 4.69) is 5.32 Å². The van der Waals surface area contributed by atoms with Gasteiger partial charge in [-0.3, -0.25) is 4.79 Å². The Morgan fingerprint density at radius 1 is 1.25 bits per heavy atom. The standard InChI is InChI=1S/C13H9F2NO4/c14-9-1-2-10(15)7(3-9)5-16-12(17)11-4-8(6-20-11)13(18)19/h1-4,6H,5H2,(H,16,17)(H,18,19). The highest BCUT2D eigenvalue weighted by atomic mass is 19.1. The molecule has 0 fully saturated rings. The Hall–Kier alpha value is -2.70. The van der Waals surface area contributed by atoms with Crippen LogP contribution >= 0.6 is 0 Å². The molecule has 1 aromatic carbocycles. The molecular formula is C13H9F2NO4. The molecule has 2 rings (SSSR count). The van der Waals surface area contributed by atoms with Gasteiger partial charge in [0.25, 0.3) is 5.91 Å². The zero-order chi connectivity index (χ0) is 14.7. The van der Waals surface area contributed by atoms with Gasteiger partial charge in [-0.05, 0) is 18.2 Å². The number of carboxylic acids is 1. The summed E-state index contributed by atoms with van der Waals surface area (Å²) in [5.74, 6) is -3.46. The molecule has 0 bridgehead atoms. The Balaban J connectivity index is 2.04. The van der Waals surface area contributed by atoms with Gasteiger partial charge in [-0.15, -0.1) is 0 Å². The van der Waals surface area contributed by atoms with Crippen molar-refractivity contribution >= 4 is 11.9 Å². The second-order valence-electron chi connectivity index (χ2n) is 3.92. The molecule has 0 saturated heterocycles. The minimum absolute atomic E-state index is 0.0247. The molecular weight excluding hydrogens is 272 g/mol. The zero-order valence-corrected chi connectivity index (χ0v) is 10.0. The van der Waals surface area contributed by atoms with Crippen molar-refractivity contribution in [2.24, 2.45) is 0 Å². The maximum Gasteiger partial charge on any atom is 0.338 e. The summed E-state index contributed by atoms with van der Waals surface area (Å²) in [4.78, 5) is 22.3. The first-order chi connectivity index (χ1) is 9.47. The third-order valence-corrected chi connectivity index (χ3v) is 2.52. The van der Waals surface area contributed by atoms with Crippen molar-refractivity contribution in [2.75, 3.05) is 0 Å². The fraction of sp³-hybridized carbons (Fsp3) is 0.0769. The van der Waals surface area contributed by atoms with Crippen molar-refractivity contribution in [3.63, 3.8) is 0 Å². The summed E-state index contributed by atoms with van der Waals surface area (Å²) in [5, 5.41) is 11.0. The summed E-state index contributed by atoms with van der Waals surface area (Å²) < 4.78 is 31.0. The first-order valence-electron chi connectivity index (χ1n) is 5.51. The summed E-state index contributed by atoms with van der Waals surface area (Å²) in [6.07, 6.45) is 0.917. The van der Waals surface area contributed by atoms with Gasteiger partial charge in [0.2, 0.25) is 0 Å². The Morgan fingerprint density at radius 2 is 2.00 bits per heavy atom. The normalized spacial score (nSPS) is 10.3. The summed E-state index contributed by atoms with van der Waals surface area (Å²) >= 11 is 0. The van der Waals surface area contributed by atoms with Crippen molar-refractivity contribution in [2.45, 2.75) is 6.54 Å². The van der Waals surface area contributed by atoms with Crippen molar-refractivity contribution in [1.29, 1.82) is 0 Å². The van der Waals surface area contributed by atoms with Gasteiger partial charge >= 0.3 is 5.97 Å². The molecule has 1 aromatic heterocycles. The van der Waals surface area contributed by atoms with Gasteiger partial charge in [-0.1, -0.05) is 0 Å². The third-order valence-electron chi connectivity index (χ3n) is 2.52. The first-order valence-corrected chi connectivity index (χ1v) is 5.51. The van der Waals surface area contributed by atoms with E-state index in [4.69, 9.17) is 9.52 Å². The number of amides is 1. The predicted octanol–water partition coefficient (Wildman–Crippen LogP) is 2.19. The maximum absolute atomic E-state index is 13.3. The Labute approximate surface area is 111 Å². The van der Waals surface area contributed by atoms with Crippen LogP contribution in [-0.2, 0) is 6.54 Å². The van der Waals surface area contributed by atoms with Crippen LogP contribution in [-0.4, -0.2) is 17.0 Å². The van der Waals surface area contributed by atoms with Gasteiger partial charge in [0.15, 0.2) is 5.76 Å². The average Bonchev–Trinajstić information content (AvgIpc) is 2.89. The predicted molar refractivity (Wildman–Crippen MR) is 63.2 cm³/mol. The molecule has 0 unspecified atom stereocenters. The van der Waals surface area contributed by atoms with E-state index in [1.807, 2.05) is 0 Å². The number of aromatic carboxylic acids is 1. The molecule has 20 heavy (non-hydrogen) atoms. The number of furan rings is 1. The number of nitrogens with one attached hydrogen (secondary N) is 1. The molecule has 1 heterocycles. The third kappa shape index (κ3) is 3.00. The first kappa shape index (κ1) is 13.7. The Bertz CT molecular complexity index is 666. The van der Waals surface area contributed by atoms with Gasteiger partial charge in [0.05, 0.1) is 5.56 Å². The summed E-state index contributed by atoms with van der Waals surface area (Å²) in [5.41, 5.74) is -0.199. The molecule has 0 atom stereocenters. The Morgan fingerprint density at radius 3 is 2.65 bits per heavy atom. The van der Waals surface area contributed by atoms with Crippen molar-refractivity contribution in [3.05, 3.63) is 59.1 Å². The van der Waals surface area contributed by atoms with Crippen LogP contribution in [0.1, 0.15) is 26.5 Å². The second-order valence-corrected chi connectivity index (χ2v) is 3.92. The van der Waals surface area contributed by atoms with E-state index in [0.29, 0.717) is 0 Å². The van der Waals surface area contributed by atoms with Gasteiger partial charge in [-0.25, -0.2) is 13.6 Å². The highest BCUT2D eigenvalue weighted by molar-refractivity contribution is 5.95. The zero-order valence-electron chi connectivity index (χ0n) is 10.0. The monoisotopic (exact) mass is 281 g/mol. The summed E-state index contributed by atoms with van der Waals surface area (Å²) in [7, 11) is 0. The number of carbonyl (C=O) groups excluding carboxylic acids is 1. The molecule has 104 valence electrons. The lowest BCUT2D eigenvalue weighted by Gasteiger charge is -2.04. The van der Waals surface area contributed by atoms with E-state index in [-0.39, 0.29) is 23.4 Å². The van der Waals surface area contributed by atoms with Gasteiger partial charge in [-0.2, -0.15) is 0 Å². The van der Waals surface area contributed by atoms with Crippen LogP contribution in [0.4, 0.5) is 8.78 Å². The number of halogens is 2. The number of benzene rings is 1. The van der Waals surface area contributed by atoms with E-state index in [1.54, 1.807) is 0 Å². The minimum Gasteiger partial charge on any atom is -0.478 e. The number of hydrogen-bond donors (Lipinski definition) is 2. The highest BCUT2D eigenvalue weighted by Crippen LogP contribution is 2.11. The van der Waals surface area contributed by atoms with E-state index < -0.39 is 23.5 Å². The number of rotatable bonds is 4. The second kappa shape index (κ2) is 5.52. The Kier molecular flexibility index (Phi) is 3.79. The molecule has 0 aliphatic heterocycles. The summed E-state index contributed by atoms with van der Waals surface area (Å²) in [6.45, 7) is -0.245. The fourth-order valence-corrected chi connectivity index (χ4v) is 1.51. The number of carbonyl (C=O) groups is 2. The van der Waals surface area contributed by atoms with Crippen LogP contribution in [0.5, 0.6) is 0 Å². The van der Waals surface area contributed by atoms with Gasteiger partial charge in [0, 0.05) is 18.2 Å². The summed E-state index contributed by atoms with van der Waals surface area (Å²) in [6, 6.07) is 3.92. The molecule has 0 saturated carbocycles. The molecule has 7 heteroatoms. The molecule has 1 amide bonds. The van der Waals surface area contributed by atoms with Gasteiger partial charge in [0.1, 0.15) is 17.9 Å². The van der Waals surface area contributed by atoms with Crippen molar-refractivity contribution in [1.82, 2.24) is 5.32 Å². The lowest BCUT2D eigenvalue weighted by molar-refractivity contribution is 0.0696. The molecule has 2 aromatic rings. The minimum atomic E-state index is -1.23. The molecule has 0 aliphatic carbocycles. The van der Waals surface area contributed by atoms with Crippen LogP contribution in [0.2, 0.25) is 0 Å². The van der Waals surface area contributed by atoms with Crippen LogP contribution < -0.4 is 5.32 Å². The quantitative estimate of drug-likeness (QED) is 0.900. The van der Waals surface area contributed by atoms with E-state index in [1.165, 1.54) is 0 Å². The molecule has 0 radical (unpaired) electrons. The average molecular weight is 281 g/mol. The fourth-order valence-electron chi connectivity index (χ4n) is 1.51. The van der Waals surface area contributed by atoms with E-state index in [0.717, 1.165) is 30.5 Å². The van der Waals surface area contributed by atoms with Crippen LogP contribution in [0, 0.1) is 11.6 Å². The molecule has 5 nitrogen and oxygen atoms in total. The molecule has 0 spiro atoms. The van der Waals surface area contributed by atoms with Crippen LogP contribution in [0.25, 0.3) is 0 Å². The van der Waals surface area contributed by atoms with Crippen molar-refractivity contribution < 1.29 is 27.9 Å².